The highest BCUT2D eigenvalue weighted by Crippen LogP contribution is 2.40. The van der Waals surface area contributed by atoms with Crippen molar-refractivity contribution in [2.24, 2.45) is 5.41 Å². The molecule has 1 saturated heterocycles. The number of carbonyl (C=O) groups excluding carboxylic acids is 4. The van der Waals surface area contributed by atoms with Gasteiger partial charge in [-0.05, 0) is 35.5 Å². The predicted octanol–water partition coefficient (Wildman–Crippen LogP) is 2.42. The number of nitrogens with one attached hydrogen (secondary N) is 2. The second-order valence-electron chi connectivity index (χ2n) is 8.40. The minimum Gasteiger partial charge on any atom is -0.493 e. The number of hydrogen-bond donors (Lipinski definition) is 2. The molecule has 0 aliphatic carbocycles. The average Bonchev–Trinajstić information content (AvgIpc) is 3.04. The van der Waals surface area contributed by atoms with Gasteiger partial charge in [-0.2, -0.15) is 0 Å². The largest absolute Gasteiger partial charge is 0.493 e. The lowest BCUT2D eigenvalue weighted by Gasteiger charge is -2.17. The first-order chi connectivity index (χ1) is 16.0. The standard InChI is InChI=1S/C23H31N3O7S/c1-23(2,3)21(29)25-8-7-18(27)24-9-10-26-20(28)17(34-22(26)30)13-14-11-15(31-4)19(33-6)16(12-14)32-5/h11-13H,7-10H2,1-6H3,(H,24,27)(H,25,29). The van der Waals surface area contributed by atoms with E-state index in [1.54, 1.807) is 39.0 Å². The van der Waals surface area contributed by atoms with Crippen LogP contribution in [0.2, 0.25) is 0 Å². The Morgan fingerprint density at radius 1 is 1.00 bits per heavy atom. The molecule has 2 N–H and O–H groups in total. The molecule has 0 aromatic heterocycles. The van der Waals surface area contributed by atoms with Gasteiger partial charge in [0, 0.05) is 31.5 Å². The third kappa shape index (κ3) is 6.89. The molecule has 0 radical (unpaired) electrons. The highest BCUT2D eigenvalue weighted by Gasteiger charge is 2.34. The molecule has 1 aliphatic rings. The summed E-state index contributed by atoms with van der Waals surface area (Å²) in [7, 11) is 4.47. The van der Waals surface area contributed by atoms with E-state index in [2.05, 4.69) is 10.6 Å². The second kappa shape index (κ2) is 11.8. The lowest BCUT2D eigenvalue weighted by atomic mass is 9.96. The van der Waals surface area contributed by atoms with Crippen LogP contribution in [-0.2, 0) is 14.4 Å². The minimum absolute atomic E-state index is 0.0390. The van der Waals surface area contributed by atoms with Crippen molar-refractivity contribution in [3.8, 4) is 17.2 Å². The Hall–Kier alpha value is -3.21. The van der Waals surface area contributed by atoms with Crippen LogP contribution in [0.15, 0.2) is 17.0 Å². The Kier molecular flexibility index (Phi) is 9.36. The van der Waals surface area contributed by atoms with E-state index < -0.39 is 16.6 Å². The van der Waals surface area contributed by atoms with Crippen molar-refractivity contribution >= 4 is 40.8 Å². The zero-order chi connectivity index (χ0) is 25.5. The summed E-state index contributed by atoms with van der Waals surface area (Å²) in [5.74, 6) is 0.396. The van der Waals surface area contributed by atoms with Crippen LogP contribution in [0.1, 0.15) is 32.8 Å². The summed E-state index contributed by atoms with van der Waals surface area (Å²) in [6, 6.07) is 3.35. The van der Waals surface area contributed by atoms with Gasteiger partial charge in [0.05, 0.1) is 26.2 Å². The van der Waals surface area contributed by atoms with E-state index in [4.69, 9.17) is 14.2 Å². The molecule has 1 fully saturated rings. The topological polar surface area (TPSA) is 123 Å². The third-order valence-corrected chi connectivity index (χ3v) is 5.74. The highest BCUT2D eigenvalue weighted by molar-refractivity contribution is 8.18. The molecule has 4 amide bonds. The van der Waals surface area contributed by atoms with Crippen LogP contribution in [0.4, 0.5) is 4.79 Å². The summed E-state index contributed by atoms with van der Waals surface area (Å²) in [4.78, 5) is 50.2. The van der Waals surface area contributed by atoms with Gasteiger partial charge < -0.3 is 24.8 Å². The molecule has 0 saturated carbocycles. The van der Waals surface area contributed by atoms with Gasteiger partial charge in [-0.1, -0.05) is 20.8 Å². The van der Waals surface area contributed by atoms with Crippen molar-refractivity contribution in [1.82, 2.24) is 15.5 Å². The fourth-order valence-corrected chi connectivity index (χ4v) is 3.84. The van der Waals surface area contributed by atoms with E-state index in [1.165, 1.54) is 21.3 Å². The Bertz CT molecular complexity index is 960. The predicted molar refractivity (Wildman–Crippen MR) is 129 cm³/mol. The Labute approximate surface area is 203 Å². The minimum atomic E-state index is -0.530. The summed E-state index contributed by atoms with van der Waals surface area (Å²) in [5, 5.41) is 4.93. The zero-order valence-electron chi connectivity index (χ0n) is 20.3. The maximum atomic E-state index is 12.7. The first-order valence-corrected chi connectivity index (χ1v) is 11.4. The van der Waals surface area contributed by atoms with E-state index in [9.17, 15) is 19.2 Å². The van der Waals surface area contributed by atoms with Crippen molar-refractivity contribution in [3.63, 3.8) is 0 Å². The van der Waals surface area contributed by atoms with Crippen LogP contribution >= 0.6 is 11.8 Å². The van der Waals surface area contributed by atoms with Crippen LogP contribution in [0, 0.1) is 5.41 Å². The molecule has 1 aromatic carbocycles. The molecule has 0 bridgehead atoms. The summed E-state index contributed by atoms with van der Waals surface area (Å²) < 4.78 is 15.9. The Balaban J connectivity index is 1.94. The molecule has 0 atom stereocenters. The maximum Gasteiger partial charge on any atom is 0.293 e. The van der Waals surface area contributed by atoms with Gasteiger partial charge in [0.1, 0.15) is 0 Å². The zero-order valence-corrected chi connectivity index (χ0v) is 21.1. The summed E-state index contributed by atoms with van der Waals surface area (Å²) in [6.07, 6.45) is 1.68. The lowest BCUT2D eigenvalue weighted by Crippen LogP contribution is -2.39. The van der Waals surface area contributed by atoms with Crippen molar-refractivity contribution in [2.75, 3.05) is 41.0 Å². The fourth-order valence-electron chi connectivity index (χ4n) is 2.98. The quantitative estimate of drug-likeness (QED) is 0.477. The van der Waals surface area contributed by atoms with Gasteiger partial charge in [0.25, 0.3) is 11.1 Å². The molecule has 34 heavy (non-hydrogen) atoms. The molecule has 1 aromatic rings. The van der Waals surface area contributed by atoms with Crippen molar-refractivity contribution in [1.29, 1.82) is 0 Å². The molecular formula is C23H31N3O7S. The average molecular weight is 494 g/mol. The number of thioether (sulfide) groups is 1. The molecule has 0 unspecified atom stereocenters. The van der Waals surface area contributed by atoms with Crippen LogP contribution < -0.4 is 24.8 Å². The number of rotatable bonds is 10. The monoisotopic (exact) mass is 493 g/mol. The molecule has 10 nitrogen and oxygen atoms in total. The van der Waals surface area contributed by atoms with Crippen molar-refractivity contribution in [3.05, 3.63) is 22.6 Å². The van der Waals surface area contributed by atoms with E-state index in [-0.39, 0.29) is 42.8 Å². The molecule has 11 heteroatoms. The van der Waals surface area contributed by atoms with Crippen LogP contribution in [-0.4, -0.2) is 68.8 Å². The van der Waals surface area contributed by atoms with E-state index in [1.807, 2.05) is 0 Å². The highest BCUT2D eigenvalue weighted by atomic mass is 32.2. The van der Waals surface area contributed by atoms with E-state index in [0.29, 0.717) is 22.8 Å². The van der Waals surface area contributed by atoms with Gasteiger partial charge >= 0.3 is 0 Å². The second-order valence-corrected chi connectivity index (χ2v) is 9.39. The number of hydrogen-bond acceptors (Lipinski definition) is 8. The molecule has 2 rings (SSSR count). The molecule has 186 valence electrons. The number of carbonyl (C=O) groups is 4. The third-order valence-electron chi connectivity index (χ3n) is 4.83. The summed E-state index contributed by atoms with van der Waals surface area (Å²) in [5.41, 5.74) is 0.0726. The number of methoxy groups -OCH3 is 3. The van der Waals surface area contributed by atoms with Crippen LogP contribution in [0.25, 0.3) is 6.08 Å². The van der Waals surface area contributed by atoms with Crippen LogP contribution in [0.5, 0.6) is 17.2 Å². The summed E-state index contributed by atoms with van der Waals surface area (Å²) in [6.45, 7) is 5.72. The fraction of sp³-hybridized carbons (Fsp3) is 0.478. The number of benzene rings is 1. The number of amides is 4. The molecule has 1 heterocycles. The Morgan fingerprint density at radius 3 is 2.15 bits per heavy atom. The number of nitrogens with zero attached hydrogens (tertiary/aromatic N) is 1. The first-order valence-electron chi connectivity index (χ1n) is 10.6. The van der Waals surface area contributed by atoms with Gasteiger partial charge in [-0.3, -0.25) is 24.1 Å². The van der Waals surface area contributed by atoms with Crippen molar-refractivity contribution in [2.45, 2.75) is 27.2 Å². The van der Waals surface area contributed by atoms with E-state index >= 15 is 0 Å². The molecule has 1 aliphatic heterocycles. The smallest absolute Gasteiger partial charge is 0.293 e. The Morgan fingerprint density at radius 2 is 1.62 bits per heavy atom. The summed E-state index contributed by atoms with van der Waals surface area (Å²) >= 11 is 0.817. The number of ether oxygens (including phenoxy) is 3. The molecular weight excluding hydrogens is 462 g/mol. The molecule has 0 spiro atoms. The SMILES string of the molecule is COc1cc(C=C2SC(=O)N(CCNC(=O)CCNC(=O)C(C)(C)C)C2=O)cc(OC)c1OC. The van der Waals surface area contributed by atoms with Gasteiger partial charge in [0.2, 0.25) is 17.6 Å². The van der Waals surface area contributed by atoms with Gasteiger partial charge in [0.15, 0.2) is 11.5 Å². The number of imide groups is 1. The van der Waals surface area contributed by atoms with Crippen molar-refractivity contribution < 1.29 is 33.4 Å². The van der Waals surface area contributed by atoms with Gasteiger partial charge in [-0.25, -0.2) is 0 Å². The van der Waals surface area contributed by atoms with E-state index in [0.717, 1.165) is 16.7 Å². The van der Waals surface area contributed by atoms with Gasteiger partial charge in [-0.15, -0.1) is 0 Å². The lowest BCUT2D eigenvalue weighted by molar-refractivity contribution is -0.129. The normalized spacial score (nSPS) is 14.9. The first kappa shape index (κ1) is 27.0. The van der Waals surface area contributed by atoms with Crippen LogP contribution in [0.3, 0.4) is 0 Å². The maximum absolute atomic E-state index is 12.7.